The second kappa shape index (κ2) is 10.2. The van der Waals surface area contributed by atoms with Gasteiger partial charge in [0.1, 0.15) is 0 Å². The van der Waals surface area contributed by atoms with E-state index in [-0.39, 0.29) is 24.0 Å². The minimum absolute atomic E-state index is 0. The van der Waals surface area contributed by atoms with E-state index in [4.69, 9.17) is 14.5 Å². The minimum atomic E-state index is 0. The largest absolute Gasteiger partial charge is 0.454 e. The molecular weight excluding hydrogens is 443 g/mol. The van der Waals surface area contributed by atoms with Gasteiger partial charge in [-0.1, -0.05) is 19.9 Å². The van der Waals surface area contributed by atoms with Gasteiger partial charge in [-0.15, -0.1) is 24.0 Å². The van der Waals surface area contributed by atoms with E-state index in [0.717, 1.165) is 63.3 Å². The van der Waals surface area contributed by atoms with Crippen LogP contribution in [0.25, 0.3) is 0 Å². The number of halogens is 1. The standard InChI is InChI=1S/C19H30N4O2.HI/c1-4-20-19(21-12-15(2)3)23-9-7-22(8-10-23)13-16-5-6-17-18(11-16)25-14-24-17;/h5-6,11,15H,4,7-10,12-14H2,1-3H3,(H,20,21);1H. The zero-order chi connectivity index (χ0) is 17.6. The first kappa shape index (κ1) is 21.1. The van der Waals surface area contributed by atoms with Crippen molar-refractivity contribution in [3.63, 3.8) is 0 Å². The molecule has 0 aromatic heterocycles. The number of aliphatic imine (C=N–C) groups is 1. The molecule has 2 heterocycles. The minimum Gasteiger partial charge on any atom is -0.454 e. The monoisotopic (exact) mass is 474 g/mol. The molecule has 146 valence electrons. The quantitative estimate of drug-likeness (QED) is 0.404. The van der Waals surface area contributed by atoms with Gasteiger partial charge in [-0.25, -0.2) is 0 Å². The molecule has 0 amide bonds. The van der Waals surface area contributed by atoms with E-state index in [0.29, 0.717) is 12.7 Å². The fourth-order valence-corrected chi connectivity index (χ4v) is 3.11. The van der Waals surface area contributed by atoms with Crippen LogP contribution in [0.15, 0.2) is 23.2 Å². The van der Waals surface area contributed by atoms with Crippen LogP contribution in [0, 0.1) is 5.92 Å². The van der Waals surface area contributed by atoms with Gasteiger partial charge in [0.15, 0.2) is 17.5 Å². The van der Waals surface area contributed by atoms with Crippen LogP contribution in [-0.4, -0.2) is 61.8 Å². The molecule has 3 rings (SSSR count). The molecule has 1 fully saturated rings. The summed E-state index contributed by atoms with van der Waals surface area (Å²) in [6, 6.07) is 6.24. The zero-order valence-corrected chi connectivity index (χ0v) is 18.4. The van der Waals surface area contributed by atoms with Crippen molar-refractivity contribution in [2.75, 3.05) is 46.1 Å². The SMILES string of the molecule is CCNC(=NCC(C)C)N1CCN(Cc2ccc3c(c2)OCO3)CC1.I. The Balaban J connectivity index is 0.00000243. The highest BCUT2D eigenvalue weighted by Gasteiger charge is 2.20. The lowest BCUT2D eigenvalue weighted by molar-refractivity contribution is 0.171. The summed E-state index contributed by atoms with van der Waals surface area (Å²) >= 11 is 0. The van der Waals surface area contributed by atoms with Crippen LogP contribution < -0.4 is 14.8 Å². The molecule has 1 aromatic carbocycles. The van der Waals surface area contributed by atoms with Crippen LogP contribution in [0.1, 0.15) is 26.3 Å². The summed E-state index contributed by atoms with van der Waals surface area (Å²) in [4.78, 5) is 9.63. The van der Waals surface area contributed by atoms with E-state index in [2.05, 4.69) is 48.0 Å². The summed E-state index contributed by atoms with van der Waals surface area (Å²) in [5.41, 5.74) is 1.28. The van der Waals surface area contributed by atoms with Gasteiger partial charge < -0.3 is 19.7 Å². The molecule has 26 heavy (non-hydrogen) atoms. The van der Waals surface area contributed by atoms with Crippen molar-refractivity contribution < 1.29 is 9.47 Å². The number of nitrogens with zero attached hydrogens (tertiary/aromatic N) is 3. The van der Waals surface area contributed by atoms with Gasteiger partial charge in [0, 0.05) is 45.8 Å². The summed E-state index contributed by atoms with van der Waals surface area (Å²) in [7, 11) is 0. The number of guanidine groups is 1. The summed E-state index contributed by atoms with van der Waals surface area (Å²) in [6.07, 6.45) is 0. The van der Waals surface area contributed by atoms with Gasteiger partial charge in [-0.3, -0.25) is 9.89 Å². The lowest BCUT2D eigenvalue weighted by atomic mass is 10.1. The number of ether oxygens (including phenoxy) is 2. The summed E-state index contributed by atoms with van der Waals surface area (Å²) < 4.78 is 10.9. The average Bonchev–Trinajstić information content (AvgIpc) is 3.07. The predicted molar refractivity (Wildman–Crippen MR) is 116 cm³/mol. The number of fused-ring (bicyclic) bond motifs is 1. The molecule has 2 aliphatic heterocycles. The summed E-state index contributed by atoms with van der Waals surface area (Å²) in [5.74, 6) is 3.36. The molecule has 0 bridgehead atoms. The Morgan fingerprint density at radius 1 is 1.15 bits per heavy atom. The van der Waals surface area contributed by atoms with Crippen molar-refractivity contribution in [2.24, 2.45) is 10.9 Å². The highest BCUT2D eigenvalue weighted by atomic mass is 127. The van der Waals surface area contributed by atoms with Crippen molar-refractivity contribution in [3.05, 3.63) is 23.8 Å². The Morgan fingerprint density at radius 3 is 2.58 bits per heavy atom. The van der Waals surface area contributed by atoms with Crippen molar-refractivity contribution in [3.8, 4) is 11.5 Å². The molecule has 0 atom stereocenters. The van der Waals surface area contributed by atoms with E-state index in [1.54, 1.807) is 0 Å². The van der Waals surface area contributed by atoms with Crippen LogP contribution >= 0.6 is 24.0 Å². The third-order valence-corrected chi connectivity index (χ3v) is 4.46. The molecule has 0 saturated carbocycles. The second-order valence-electron chi connectivity index (χ2n) is 7.04. The van der Waals surface area contributed by atoms with Crippen molar-refractivity contribution in [1.82, 2.24) is 15.1 Å². The summed E-state index contributed by atoms with van der Waals surface area (Å²) in [5, 5.41) is 3.43. The smallest absolute Gasteiger partial charge is 0.231 e. The lowest BCUT2D eigenvalue weighted by Gasteiger charge is -2.36. The van der Waals surface area contributed by atoms with E-state index in [1.807, 2.05) is 6.07 Å². The molecule has 1 N–H and O–H groups in total. The predicted octanol–water partition coefficient (Wildman–Crippen LogP) is 2.77. The highest BCUT2D eigenvalue weighted by molar-refractivity contribution is 14.0. The van der Waals surface area contributed by atoms with Crippen molar-refractivity contribution >= 4 is 29.9 Å². The molecular formula is C19H31IN4O2. The second-order valence-corrected chi connectivity index (χ2v) is 7.04. The number of hydrogen-bond acceptors (Lipinski definition) is 4. The highest BCUT2D eigenvalue weighted by Crippen LogP contribution is 2.32. The summed E-state index contributed by atoms with van der Waals surface area (Å²) in [6.45, 7) is 13.7. The first-order valence-corrected chi connectivity index (χ1v) is 9.30. The third-order valence-electron chi connectivity index (χ3n) is 4.46. The van der Waals surface area contributed by atoms with Gasteiger partial charge in [0.2, 0.25) is 6.79 Å². The maximum atomic E-state index is 5.48. The van der Waals surface area contributed by atoms with Gasteiger partial charge in [-0.2, -0.15) is 0 Å². The normalized spacial score (nSPS) is 17.4. The van der Waals surface area contributed by atoms with Crippen LogP contribution in [-0.2, 0) is 6.54 Å². The van der Waals surface area contributed by atoms with Crippen molar-refractivity contribution in [2.45, 2.75) is 27.3 Å². The maximum Gasteiger partial charge on any atom is 0.231 e. The molecule has 6 nitrogen and oxygen atoms in total. The van der Waals surface area contributed by atoms with Crippen molar-refractivity contribution in [1.29, 1.82) is 0 Å². The topological polar surface area (TPSA) is 49.3 Å². The first-order chi connectivity index (χ1) is 12.2. The molecule has 1 saturated heterocycles. The Kier molecular flexibility index (Phi) is 8.27. The van der Waals surface area contributed by atoms with E-state index in [9.17, 15) is 0 Å². The fraction of sp³-hybridized carbons (Fsp3) is 0.632. The van der Waals surface area contributed by atoms with Gasteiger partial charge in [0.05, 0.1) is 0 Å². The van der Waals surface area contributed by atoms with Crippen LogP contribution in [0.4, 0.5) is 0 Å². The molecule has 0 radical (unpaired) electrons. The number of hydrogen-bond donors (Lipinski definition) is 1. The average molecular weight is 474 g/mol. The molecule has 2 aliphatic rings. The van der Waals surface area contributed by atoms with E-state index < -0.39 is 0 Å². The van der Waals surface area contributed by atoms with Gasteiger partial charge in [0.25, 0.3) is 0 Å². The Bertz CT molecular complexity index is 601. The third kappa shape index (κ3) is 5.64. The molecule has 7 heteroatoms. The lowest BCUT2D eigenvalue weighted by Crippen LogP contribution is -2.52. The van der Waals surface area contributed by atoms with E-state index in [1.165, 1.54) is 5.56 Å². The van der Waals surface area contributed by atoms with Gasteiger partial charge >= 0.3 is 0 Å². The number of nitrogens with one attached hydrogen (secondary N) is 1. The Morgan fingerprint density at radius 2 is 1.88 bits per heavy atom. The van der Waals surface area contributed by atoms with Crippen LogP contribution in [0.5, 0.6) is 11.5 Å². The molecule has 0 spiro atoms. The van der Waals surface area contributed by atoms with Crippen LogP contribution in [0.3, 0.4) is 0 Å². The van der Waals surface area contributed by atoms with Gasteiger partial charge in [-0.05, 0) is 30.5 Å². The first-order valence-electron chi connectivity index (χ1n) is 9.30. The Labute approximate surface area is 173 Å². The van der Waals surface area contributed by atoms with Crippen LogP contribution in [0.2, 0.25) is 0 Å². The molecule has 0 unspecified atom stereocenters. The zero-order valence-electron chi connectivity index (χ0n) is 16.0. The maximum absolute atomic E-state index is 5.48. The number of rotatable bonds is 5. The van der Waals surface area contributed by atoms with E-state index >= 15 is 0 Å². The number of piperazine rings is 1. The number of benzene rings is 1. The molecule has 1 aromatic rings. The fourth-order valence-electron chi connectivity index (χ4n) is 3.11. The Hall–Kier alpha value is -1.22. The molecule has 0 aliphatic carbocycles.